The molecule has 1 fully saturated rings. The molecular weight excluding hydrogens is 348 g/mol. The average Bonchev–Trinajstić information content (AvgIpc) is 2.60. The monoisotopic (exact) mass is 370 g/mol. The number of hydrogen-bond donors (Lipinski definition) is 2. The molecule has 138 valence electrons. The largest absolute Gasteiger partial charge is 0.481 e. The van der Waals surface area contributed by atoms with Gasteiger partial charge in [-0.05, 0) is 24.1 Å². The predicted octanol–water partition coefficient (Wildman–Crippen LogP) is 0.548. The third-order valence-corrected chi connectivity index (χ3v) is 5.73. The average molecular weight is 370 g/mol. The van der Waals surface area contributed by atoms with Crippen molar-refractivity contribution in [2.24, 2.45) is 5.92 Å². The second-order valence-electron chi connectivity index (χ2n) is 5.96. The zero-order valence-corrected chi connectivity index (χ0v) is 14.8. The maximum absolute atomic E-state index is 12.6. The van der Waals surface area contributed by atoms with E-state index in [4.69, 9.17) is 9.84 Å². The van der Waals surface area contributed by atoms with E-state index in [1.165, 1.54) is 28.6 Å². The molecule has 0 aliphatic carbocycles. The zero-order chi connectivity index (χ0) is 18.4. The number of benzene rings is 1. The molecule has 8 nitrogen and oxygen atoms in total. The van der Waals surface area contributed by atoms with Crippen molar-refractivity contribution in [1.82, 2.24) is 9.62 Å². The number of nitrogens with zero attached hydrogens (tertiary/aromatic N) is 1. The number of amides is 1. The number of morpholine rings is 1. The Labute approximate surface area is 146 Å². The SMILES string of the molecule is CC(CNC(=O)c1cccc(S(=O)(=O)N2CCOCC2)c1)CC(=O)O. The van der Waals surface area contributed by atoms with Gasteiger partial charge in [0.25, 0.3) is 5.91 Å². The standard InChI is InChI=1S/C16H22N2O6S/c1-12(9-15(19)20)11-17-16(21)13-3-2-4-14(10-13)25(22,23)18-5-7-24-8-6-18/h2-4,10,12H,5-9,11H2,1H3,(H,17,21)(H,19,20). The second kappa shape index (κ2) is 8.41. The van der Waals surface area contributed by atoms with Crippen LogP contribution in [0.5, 0.6) is 0 Å². The van der Waals surface area contributed by atoms with Crippen molar-refractivity contribution >= 4 is 21.9 Å². The summed E-state index contributed by atoms with van der Waals surface area (Å²) in [4.78, 5) is 22.9. The van der Waals surface area contributed by atoms with E-state index in [2.05, 4.69) is 5.32 Å². The van der Waals surface area contributed by atoms with E-state index in [-0.39, 0.29) is 42.4 Å². The summed E-state index contributed by atoms with van der Waals surface area (Å²) in [5, 5.41) is 11.4. The van der Waals surface area contributed by atoms with Crippen molar-refractivity contribution in [2.75, 3.05) is 32.8 Å². The highest BCUT2D eigenvalue weighted by molar-refractivity contribution is 7.89. The minimum absolute atomic E-state index is 0.0499. The van der Waals surface area contributed by atoms with E-state index in [0.29, 0.717) is 13.2 Å². The van der Waals surface area contributed by atoms with Crippen molar-refractivity contribution in [3.8, 4) is 0 Å². The Morgan fingerprint density at radius 3 is 2.64 bits per heavy atom. The van der Waals surface area contributed by atoms with Gasteiger partial charge in [0.15, 0.2) is 0 Å². The predicted molar refractivity (Wildman–Crippen MR) is 89.8 cm³/mol. The third kappa shape index (κ3) is 5.25. The van der Waals surface area contributed by atoms with Crippen LogP contribution >= 0.6 is 0 Å². The molecule has 2 rings (SSSR count). The quantitative estimate of drug-likeness (QED) is 0.725. The Morgan fingerprint density at radius 2 is 2.00 bits per heavy atom. The van der Waals surface area contributed by atoms with Gasteiger partial charge in [-0.1, -0.05) is 13.0 Å². The Hall–Kier alpha value is -1.97. The number of carbonyl (C=O) groups excluding carboxylic acids is 1. The first-order valence-electron chi connectivity index (χ1n) is 7.98. The maximum Gasteiger partial charge on any atom is 0.303 e. The van der Waals surface area contributed by atoms with E-state index in [9.17, 15) is 18.0 Å². The summed E-state index contributed by atoms with van der Waals surface area (Å²) in [6.07, 6.45) is -0.0499. The molecule has 0 spiro atoms. The van der Waals surface area contributed by atoms with Crippen LogP contribution in [0.2, 0.25) is 0 Å². The molecule has 1 amide bonds. The number of rotatable bonds is 7. The molecule has 1 heterocycles. The van der Waals surface area contributed by atoms with Crippen LogP contribution in [0.3, 0.4) is 0 Å². The van der Waals surface area contributed by atoms with Gasteiger partial charge in [0.05, 0.1) is 18.1 Å². The summed E-state index contributed by atoms with van der Waals surface area (Å²) in [7, 11) is -3.67. The molecule has 1 aliphatic rings. The molecule has 1 aliphatic heterocycles. The number of nitrogens with one attached hydrogen (secondary N) is 1. The van der Waals surface area contributed by atoms with Gasteiger partial charge in [0.2, 0.25) is 10.0 Å². The topological polar surface area (TPSA) is 113 Å². The van der Waals surface area contributed by atoms with Crippen LogP contribution in [-0.2, 0) is 19.6 Å². The first-order valence-corrected chi connectivity index (χ1v) is 9.42. The van der Waals surface area contributed by atoms with Crippen molar-refractivity contribution in [2.45, 2.75) is 18.2 Å². The third-order valence-electron chi connectivity index (χ3n) is 3.84. The fourth-order valence-electron chi connectivity index (χ4n) is 2.47. The normalized spacial score (nSPS) is 17.0. The summed E-state index contributed by atoms with van der Waals surface area (Å²) in [6.45, 7) is 3.18. The molecule has 25 heavy (non-hydrogen) atoms. The van der Waals surface area contributed by atoms with Crippen LogP contribution in [0, 0.1) is 5.92 Å². The second-order valence-corrected chi connectivity index (χ2v) is 7.90. The molecule has 0 radical (unpaired) electrons. The van der Waals surface area contributed by atoms with E-state index in [1.807, 2.05) is 0 Å². The van der Waals surface area contributed by atoms with Gasteiger partial charge in [0, 0.05) is 31.6 Å². The van der Waals surface area contributed by atoms with Gasteiger partial charge in [-0.3, -0.25) is 9.59 Å². The number of aliphatic carboxylic acids is 1. The molecule has 0 bridgehead atoms. The van der Waals surface area contributed by atoms with Crippen molar-refractivity contribution < 1.29 is 27.9 Å². The Kier molecular flexibility index (Phi) is 6.51. The summed E-state index contributed by atoms with van der Waals surface area (Å²) in [6, 6.07) is 5.83. The highest BCUT2D eigenvalue weighted by atomic mass is 32.2. The summed E-state index contributed by atoms with van der Waals surface area (Å²) >= 11 is 0. The van der Waals surface area contributed by atoms with Crippen LogP contribution in [0.25, 0.3) is 0 Å². The smallest absolute Gasteiger partial charge is 0.303 e. The summed E-state index contributed by atoms with van der Waals surface area (Å²) in [5.41, 5.74) is 0.219. The summed E-state index contributed by atoms with van der Waals surface area (Å²) in [5.74, 6) is -1.58. The Morgan fingerprint density at radius 1 is 1.32 bits per heavy atom. The van der Waals surface area contributed by atoms with Crippen LogP contribution in [0.1, 0.15) is 23.7 Å². The molecule has 9 heteroatoms. The zero-order valence-electron chi connectivity index (χ0n) is 14.0. The fourth-order valence-corrected chi connectivity index (χ4v) is 3.93. The Bertz CT molecular complexity index is 728. The van der Waals surface area contributed by atoms with Gasteiger partial charge in [0.1, 0.15) is 0 Å². The number of carboxylic acids is 1. The minimum atomic E-state index is -3.67. The first kappa shape index (κ1) is 19.4. The highest BCUT2D eigenvalue weighted by Crippen LogP contribution is 2.18. The van der Waals surface area contributed by atoms with Crippen LogP contribution < -0.4 is 5.32 Å². The van der Waals surface area contributed by atoms with E-state index in [0.717, 1.165) is 0 Å². The van der Waals surface area contributed by atoms with E-state index in [1.54, 1.807) is 6.92 Å². The molecule has 1 unspecified atom stereocenters. The number of sulfonamides is 1. The van der Waals surface area contributed by atoms with Gasteiger partial charge < -0.3 is 15.2 Å². The lowest BCUT2D eigenvalue weighted by Gasteiger charge is -2.26. The van der Waals surface area contributed by atoms with Gasteiger partial charge >= 0.3 is 5.97 Å². The lowest BCUT2D eigenvalue weighted by Crippen LogP contribution is -2.40. The van der Waals surface area contributed by atoms with E-state index >= 15 is 0 Å². The van der Waals surface area contributed by atoms with Gasteiger partial charge in [-0.25, -0.2) is 8.42 Å². The first-order chi connectivity index (χ1) is 11.8. The lowest BCUT2D eigenvalue weighted by atomic mass is 10.1. The van der Waals surface area contributed by atoms with Crippen molar-refractivity contribution in [3.63, 3.8) is 0 Å². The van der Waals surface area contributed by atoms with Crippen molar-refractivity contribution in [1.29, 1.82) is 0 Å². The van der Waals surface area contributed by atoms with Crippen molar-refractivity contribution in [3.05, 3.63) is 29.8 Å². The van der Waals surface area contributed by atoms with Gasteiger partial charge in [-0.15, -0.1) is 0 Å². The molecule has 1 atom stereocenters. The molecule has 1 aromatic carbocycles. The number of hydrogen-bond acceptors (Lipinski definition) is 5. The maximum atomic E-state index is 12.6. The highest BCUT2D eigenvalue weighted by Gasteiger charge is 2.26. The molecule has 1 aromatic rings. The van der Waals surface area contributed by atoms with Crippen LogP contribution in [0.15, 0.2) is 29.2 Å². The minimum Gasteiger partial charge on any atom is -0.481 e. The number of carbonyl (C=O) groups is 2. The number of ether oxygens (including phenoxy) is 1. The molecule has 2 N–H and O–H groups in total. The molecule has 0 saturated carbocycles. The number of carboxylic acid groups (broad SMARTS) is 1. The molecular formula is C16H22N2O6S. The van der Waals surface area contributed by atoms with E-state index < -0.39 is 21.9 Å². The van der Waals surface area contributed by atoms with Gasteiger partial charge in [-0.2, -0.15) is 4.31 Å². The fraction of sp³-hybridized carbons (Fsp3) is 0.500. The van der Waals surface area contributed by atoms with Crippen LogP contribution in [0.4, 0.5) is 0 Å². The lowest BCUT2D eigenvalue weighted by molar-refractivity contribution is -0.137. The Balaban J connectivity index is 2.07. The molecule has 0 aromatic heterocycles. The molecule has 1 saturated heterocycles. The summed E-state index contributed by atoms with van der Waals surface area (Å²) < 4.78 is 31.7. The van der Waals surface area contributed by atoms with Crippen LogP contribution in [-0.4, -0.2) is 62.6 Å².